The Balaban J connectivity index is 2.03. The molecule has 0 aliphatic rings. The third-order valence-corrected chi connectivity index (χ3v) is 3.10. The molecular weight excluding hydrogens is 240 g/mol. The number of benzene rings is 1. The number of nitrogens with one attached hydrogen (secondary N) is 1. The lowest BCUT2D eigenvalue weighted by molar-refractivity contribution is 0.625. The Morgan fingerprint density at radius 1 is 1.26 bits per heavy atom. The van der Waals surface area contributed by atoms with Gasteiger partial charge in [-0.2, -0.15) is 4.80 Å². The standard InChI is InChI=1S/C13H16N6/c1-14-8-11-5-3-4-10-6-7-19(13(10)11)9-12-15-17-18(2)16-12/h3-7,14H,8-9H2,1-2H3. The van der Waals surface area contributed by atoms with Gasteiger partial charge in [0, 0.05) is 12.7 Å². The molecule has 6 nitrogen and oxygen atoms in total. The van der Waals surface area contributed by atoms with Gasteiger partial charge in [0.1, 0.15) is 0 Å². The number of para-hydroxylation sites is 1. The molecule has 0 atom stereocenters. The van der Waals surface area contributed by atoms with Crippen molar-refractivity contribution >= 4 is 10.9 Å². The fourth-order valence-corrected chi connectivity index (χ4v) is 2.34. The van der Waals surface area contributed by atoms with Crippen molar-refractivity contribution < 1.29 is 0 Å². The maximum atomic E-state index is 4.23. The van der Waals surface area contributed by atoms with Gasteiger partial charge in [0.2, 0.25) is 0 Å². The summed E-state index contributed by atoms with van der Waals surface area (Å²) < 4.78 is 2.17. The average Bonchev–Trinajstić information content (AvgIpc) is 2.98. The van der Waals surface area contributed by atoms with Crippen LogP contribution in [0.2, 0.25) is 0 Å². The molecule has 98 valence electrons. The lowest BCUT2D eigenvalue weighted by atomic mass is 10.1. The third kappa shape index (κ3) is 2.22. The zero-order valence-electron chi connectivity index (χ0n) is 11.0. The lowest BCUT2D eigenvalue weighted by Gasteiger charge is -2.07. The van der Waals surface area contributed by atoms with Crippen molar-refractivity contribution in [3.63, 3.8) is 0 Å². The molecule has 0 radical (unpaired) electrons. The largest absolute Gasteiger partial charge is 0.339 e. The number of tetrazole rings is 1. The highest BCUT2D eigenvalue weighted by atomic mass is 15.6. The molecule has 1 aromatic carbocycles. The van der Waals surface area contributed by atoms with E-state index in [-0.39, 0.29) is 0 Å². The maximum absolute atomic E-state index is 4.23. The Morgan fingerprint density at radius 3 is 2.89 bits per heavy atom. The first-order valence-corrected chi connectivity index (χ1v) is 6.22. The number of aromatic nitrogens is 5. The number of fused-ring (bicyclic) bond motifs is 1. The van der Waals surface area contributed by atoms with Gasteiger partial charge in [-0.05, 0) is 29.3 Å². The van der Waals surface area contributed by atoms with Crippen molar-refractivity contribution in [2.45, 2.75) is 13.1 Å². The van der Waals surface area contributed by atoms with Gasteiger partial charge in [-0.3, -0.25) is 0 Å². The summed E-state index contributed by atoms with van der Waals surface area (Å²) in [7, 11) is 3.73. The first-order chi connectivity index (χ1) is 9.28. The highest BCUT2D eigenvalue weighted by Crippen LogP contribution is 2.20. The number of hydrogen-bond acceptors (Lipinski definition) is 4. The molecule has 0 saturated heterocycles. The van der Waals surface area contributed by atoms with E-state index in [4.69, 9.17) is 0 Å². The molecule has 3 rings (SSSR count). The van der Waals surface area contributed by atoms with Crippen molar-refractivity contribution in [1.29, 1.82) is 0 Å². The molecule has 0 aliphatic carbocycles. The topological polar surface area (TPSA) is 60.6 Å². The van der Waals surface area contributed by atoms with E-state index in [1.807, 2.05) is 7.05 Å². The van der Waals surface area contributed by atoms with Crippen LogP contribution in [-0.4, -0.2) is 31.8 Å². The summed E-state index contributed by atoms with van der Waals surface area (Å²) in [5, 5.41) is 16.6. The van der Waals surface area contributed by atoms with E-state index < -0.39 is 0 Å². The summed E-state index contributed by atoms with van der Waals surface area (Å²) in [6, 6.07) is 8.46. The summed E-state index contributed by atoms with van der Waals surface area (Å²) in [4.78, 5) is 1.48. The molecule has 0 fully saturated rings. The molecule has 2 heterocycles. The molecule has 0 bridgehead atoms. The second-order valence-corrected chi connectivity index (χ2v) is 4.52. The van der Waals surface area contributed by atoms with Crippen molar-refractivity contribution in [3.8, 4) is 0 Å². The Hall–Kier alpha value is -2.21. The zero-order valence-corrected chi connectivity index (χ0v) is 11.0. The Morgan fingerprint density at radius 2 is 2.16 bits per heavy atom. The van der Waals surface area contributed by atoms with Gasteiger partial charge in [-0.15, -0.1) is 10.2 Å². The molecule has 0 saturated carbocycles. The summed E-state index contributed by atoms with van der Waals surface area (Å²) >= 11 is 0. The number of rotatable bonds is 4. The van der Waals surface area contributed by atoms with E-state index in [0.717, 1.165) is 12.4 Å². The first kappa shape index (κ1) is 11.9. The average molecular weight is 256 g/mol. The summed E-state index contributed by atoms with van der Waals surface area (Å²) in [5.41, 5.74) is 2.50. The molecule has 0 spiro atoms. The molecule has 6 heteroatoms. The molecule has 19 heavy (non-hydrogen) atoms. The van der Waals surface area contributed by atoms with Crippen LogP contribution in [-0.2, 0) is 20.1 Å². The minimum atomic E-state index is 0.637. The van der Waals surface area contributed by atoms with Gasteiger partial charge in [0.05, 0.1) is 19.1 Å². The van der Waals surface area contributed by atoms with Crippen LogP contribution in [0.15, 0.2) is 30.5 Å². The molecule has 0 unspecified atom stereocenters. The second kappa shape index (κ2) is 4.81. The fourth-order valence-electron chi connectivity index (χ4n) is 2.34. The monoisotopic (exact) mass is 256 g/mol. The minimum Gasteiger partial charge on any atom is -0.339 e. The van der Waals surface area contributed by atoms with E-state index in [9.17, 15) is 0 Å². The number of nitrogens with zero attached hydrogens (tertiary/aromatic N) is 5. The van der Waals surface area contributed by atoms with Crippen LogP contribution >= 0.6 is 0 Å². The smallest absolute Gasteiger partial charge is 0.194 e. The van der Waals surface area contributed by atoms with E-state index >= 15 is 0 Å². The lowest BCUT2D eigenvalue weighted by Crippen LogP contribution is -2.08. The van der Waals surface area contributed by atoms with Gasteiger partial charge in [0.25, 0.3) is 0 Å². The summed E-state index contributed by atoms with van der Waals surface area (Å²) in [6.45, 7) is 1.48. The van der Waals surface area contributed by atoms with Crippen LogP contribution in [0.25, 0.3) is 10.9 Å². The van der Waals surface area contributed by atoms with Gasteiger partial charge in [0.15, 0.2) is 5.82 Å². The third-order valence-electron chi connectivity index (χ3n) is 3.10. The zero-order chi connectivity index (χ0) is 13.2. The van der Waals surface area contributed by atoms with Crippen LogP contribution < -0.4 is 5.32 Å². The van der Waals surface area contributed by atoms with Gasteiger partial charge in [-0.1, -0.05) is 18.2 Å². The predicted octanol–water partition coefficient (Wildman–Crippen LogP) is 0.932. The van der Waals surface area contributed by atoms with E-state index in [2.05, 4.69) is 55.8 Å². The van der Waals surface area contributed by atoms with Gasteiger partial charge < -0.3 is 9.88 Å². The number of aryl methyl sites for hydroxylation is 1. The van der Waals surface area contributed by atoms with Gasteiger partial charge >= 0.3 is 0 Å². The molecule has 0 aliphatic heterocycles. The quantitative estimate of drug-likeness (QED) is 0.754. The van der Waals surface area contributed by atoms with Gasteiger partial charge in [-0.25, -0.2) is 0 Å². The molecule has 3 aromatic rings. The SMILES string of the molecule is CNCc1cccc2ccn(Cc3nnn(C)n3)c12. The van der Waals surface area contributed by atoms with Crippen LogP contribution in [0.3, 0.4) is 0 Å². The van der Waals surface area contributed by atoms with Crippen LogP contribution in [0, 0.1) is 0 Å². The van der Waals surface area contributed by atoms with Crippen LogP contribution in [0.1, 0.15) is 11.4 Å². The van der Waals surface area contributed by atoms with E-state index in [0.29, 0.717) is 6.54 Å². The van der Waals surface area contributed by atoms with E-state index in [1.54, 1.807) is 7.05 Å². The molecular formula is C13H16N6. The Bertz CT molecular complexity index is 696. The van der Waals surface area contributed by atoms with Crippen LogP contribution in [0.4, 0.5) is 0 Å². The summed E-state index contributed by atoms with van der Waals surface area (Å²) in [5.74, 6) is 0.722. The fraction of sp³-hybridized carbons (Fsp3) is 0.308. The van der Waals surface area contributed by atoms with E-state index in [1.165, 1.54) is 21.3 Å². The molecule has 0 amide bonds. The second-order valence-electron chi connectivity index (χ2n) is 4.52. The summed E-state index contributed by atoms with van der Waals surface area (Å²) in [6.07, 6.45) is 2.07. The Kier molecular flexibility index (Phi) is 3.00. The van der Waals surface area contributed by atoms with Crippen molar-refractivity contribution in [2.24, 2.45) is 7.05 Å². The number of hydrogen-bond donors (Lipinski definition) is 1. The minimum absolute atomic E-state index is 0.637. The molecule has 2 aromatic heterocycles. The van der Waals surface area contributed by atoms with Crippen molar-refractivity contribution in [2.75, 3.05) is 7.05 Å². The Labute approximate surface area is 111 Å². The maximum Gasteiger partial charge on any atom is 0.194 e. The molecule has 1 N–H and O–H groups in total. The highest BCUT2D eigenvalue weighted by Gasteiger charge is 2.08. The highest BCUT2D eigenvalue weighted by molar-refractivity contribution is 5.83. The van der Waals surface area contributed by atoms with Crippen molar-refractivity contribution in [1.82, 2.24) is 30.1 Å². The first-order valence-electron chi connectivity index (χ1n) is 6.22. The van der Waals surface area contributed by atoms with Crippen LogP contribution in [0.5, 0.6) is 0 Å². The van der Waals surface area contributed by atoms with Crippen molar-refractivity contribution in [3.05, 3.63) is 41.9 Å². The normalized spacial score (nSPS) is 11.3. The predicted molar refractivity (Wildman–Crippen MR) is 72.6 cm³/mol.